The Labute approximate surface area is 229 Å². The summed E-state index contributed by atoms with van der Waals surface area (Å²) in [6.45, 7) is 2.27. The zero-order chi connectivity index (χ0) is 28.3. The molecule has 210 valence electrons. The van der Waals surface area contributed by atoms with E-state index >= 15 is 0 Å². The van der Waals surface area contributed by atoms with Gasteiger partial charge in [-0.2, -0.15) is 5.90 Å². The fraction of sp³-hybridized carbons (Fsp3) is 0.414. The Morgan fingerprint density at radius 3 is 2.58 bits per heavy atom. The summed E-state index contributed by atoms with van der Waals surface area (Å²) in [6.07, 6.45) is 6.52. The van der Waals surface area contributed by atoms with Crippen LogP contribution in [-0.4, -0.2) is 56.4 Å². The number of likely N-dealkylation sites (tertiary alicyclic amines) is 1. The molecule has 0 unspecified atom stereocenters. The zero-order valence-electron chi connectivity index (χ0n) is 21.8. The number of hydrogen-bond donors (Lipinski definition) is 5. The van der Waals surface area contributed by atoms with Crippen molar-refractivity contribution in [2.24, 2.45) is 23.5 Å². The Hall–Kier alpha value is -3.93. The minimum absolute atomic E-state index is 0.0993. The molecule has 1 aromatic carbocycles. The van der Waals surface area contributed by atoms with E-state index < -0.39 is 52.0 Å². The van der Waals surface area contributed by atoms with Crippen molar-refractivity contribution >= 4 is 17.5 Å². The highest BCUT2D eigenvalue weighted by Gasteiger charge is 2.59. The van der Waals surface area contributed by atoms with Gasteiger partial charge >= 0.3 is 0 Å². The van der Waals surface area contributed by atoms with Crippen molar-refractivity contribution < 1.29 is 39.0 Å². The summed E-state index contributed by atoms with van der Waals surface area (Å²) in [5.74, 6) is -0.00665. The van der Waals surface area contributed by atoms with Gasteiger partial charge in [0.05, 0.1) is 18.1 Å². The summed E-state index contributed by atoms with van der Waals surface area (Å²) in [6, 6.07) is 3.75. The molecule has 7 N–H and O–H groups in total. The number of fused-ring (bicyclic) bond motifs is 3. The number of ketones is 2. The average molecular weight is 550 g/mol. The lowest BCUT2D eigenvalue weighted by atomic mass is 9.60. The van der Waals surface area contributed by atoms with Crippen LogP contribution in [0.25, 0.3) is 11.1 Å². The summed E-state index contributed by atoms with van der Waals surface area (Å²) in [4.78, 5) is 47.0. The first-order valence-corrected chi connectivity index (χ1v) is 13.4. The maximum atomic E-state index is 14.2. The molecule has 40 heavy (non-hydrogen) atoms. The van der Waals surface area contributed by atoms with Gasteiger partial charge in [-0.25, -0.2) is 0 Å². The lowest BCUT2D eigenvalue weighted by Crippen LogP contribution is -2.57. The van der Waals surface area contributed by atoms with E-state index in [1.807, 2.05) is 6.07 Å². The number of furan rings is 1. The molecule has 0 radical (unpaired) electrons. The maximum Gasteiger partial charge on any atom is 0.255 e. The van der Waals surface area contributed by atoms with Gasteiger partial charge in [-0.15, -0.1) is 0 Å². The van der Waals surface area contributed by atoms with Crippen LogP contribution in [-0.2, 0) is 22.6 Å². The van der Waals surface area contributed by atoms with E-state index in [2.05, 4.69) is 4.90 Å². The molecule has 11 nitrogen and oxygen atoms in total. The number of nitrogens with two attached hydrogens (primary N) is 2. The van der Waals surface area contributed by atoms with E-state index in [0.29, 0.717) is 17.7 Å². The number of hydrogen-bond acceptors (Lipinski definition) is 10. The van der Waals surface area contributed by atoms with Crippen LogP contribution < -0.4 is 16.5 Å². The number of benzene rings is 1. The number of carbonyl (C=O) groups is 3. The molecule has 6 rings (SSSR count). The number of carbonyl (C=O) groups excluding carboxylic acids is 3. The van der Waals surface area contributed by atoms with Gasteiger partial charge in [0.25, 0.3) is 5.91 Å². The van der Waals surface area contributed by atoms with Crippen LogP contribution in [0.4, 0.5) is 0 Å². The molecule has 1 aromatic heterocycles. The summed E-state index contributed by atoms with van der Waals surface area (Å²) < 4.78 is 5.35. The van der Waals surface area contributed by atoms with Crippen molar-refractivity contribution in [3.63, 3.8) is 0 Å². The number of aliphatic hydroxyl groups excluding tert-OH is 2. The third-order valence-corrected chi connectivity index (χ3v) is 8.91. The first kappa shape index (κ1) is 26.3. The second-order valence-corrected chi connectivity index (χ2v) is 11.1. The van der Waals surface area contributed by atoms with E-state index in [0.717, 1.165) is 43.5 Å². The van der Waals surface area contributed by atoms with Gasteiger partial charge in [0.15, 0.2) is 17.1 Å². The Morgan fingerprint density at radius 1 is 1.18 bits per heavy atom. The van der Waals surface area contributed by atoms with Crippen LogP contribution in [0.15, 0.2) is 51.7 Å². The Bertz CT molecular complexity index is 1480. The van der Waals surface area contributed by atoms with E-state index in [1.165, 1.54) is 0 Å². The molecule has 0 bridgehead atoms. The number of rotatable bonds is 5. The molecule has 1 aliphatic heterocycles. The lowest BCUT2D eigenvalue weighted by molar-refractivity contribution is -0.144. The molecule has 0 spiro atoms. The molecule has 1 amide bonds. The van der Waals surface area contributed by atoms with Crippen molar-refractivity contribution in [2.75, 3.05) is 13.1 Å². The van der Waals surface area contributed by atoms with Gasteiger partial charge in [0.2, 0.25) is 5.78 Å². The average Bonchev–Trinajstić information content (AvgIpc) is 3.46. The summed E-state index contributed by atoms with van der Waals surface area (Å²) in [7, 11) is 0. The molecule has 0 saturated carbocycles. The van der Waals surface area contributed by atoms with E-state index in [1.54, 1.807) is 18.6 Å². The first-order valence-electron chi connectivity index (χ1n) is 13.4. The van der Waals surface area contributed by atoms with E-state index in [4.69, 9.17) is 20.9 Å². The molecule has 2 aromatic rings. The second kappa shape index (κ2) is 9.61. The fourth-order valence-electron chi connectivity index (χ4n) is 7.02. The highest BCUT2D eigenvalue weighted by molar-refractivity contribution is 6.24. The van der Waals surface area contributed by atoms with Crippen LogP contribution in [0.2, 0.25) is 0 Å². The normalized spacial score (nSPS) is 26.9. The van der Waals surface area contributed by atoms with Gasteiger partial charge in [-0.05, 0) is 68.0 Å². The van der Waals surface area contributed by atoms with Crippen LogP contribution >= 0.6 is 0 Å². The predicted molar refractivity (Wildman–Crippen MR) is 141 cm³/mol. The van der Waals surface area contributed by atoms with Gasteiger partial charge in [0, 0.05) is 35.6 Å². The number of aliphatic hydroxyl groups is 3. The van der Waals surface area contributed by atoms with E-state index in [-0.39, 0.29) is 36.1 Å². The highest BCUT2D eigenvalue weighted by Crippen LogP contribution is 2.53. The Balaban J connectivity index is 1.53. The van der Waals surface area contributed by atoms with Gasteiger partial charge in [-0.3, -0.25) is 19.3 Å². The summed E-state index contributed by atoms with van der Waals surface area (Å²) in [5, 5.41) is 33.3. The monoisotopic (exact) mass is 549 g/mol. The number of amides is 1. The molecular formula is C29H31N3O8. The molecular weight excluding hydrogens is 518 g/mol. The minimum Gasteiger partial charge on any atom is -0.511 e. The van der Waals surface area contributed by atoms with Crippen molar-refractivity contribution in [3.8, 4) is 16.9 Å². The molecule has 2 heterocycles. The van der Waals surface area contributed by atoms with Crippen LogP contribution in [0.5, 0.6) is 5.75 Å². The standard InChI is InChI=1S/C29H31N3O8/c30-28(37)23-20(33)11-17-8-15-9-19-18(14-4-7-39-13-14)10-16(12-32-5-2-1-3-6-32)25(40-31)22(19)24(34)21(15)26(35)29(17,38)27(23)36/h4,7,10,13,15,17,33,35,38H,1-3,5-6,8-9,11-12,31H2,(H2,30,37)/t15-,17+,29+/m1/s1. The summed E-state index contributed by atoms with van der Waals surface area (Å²) >= 11 is 0. The third kappa shape index (κ3) is 3.80. The van der Waals surface area contributed by atoms with Gasteiger partial charge < -0.3 is 30.3 Å². The van der Waals surface area contributed by atoms with Crippen LogP contribution in [0, 0.1) is 11.8 Å². The largest absolute Gasteiger partial charge is 0.511 e. The summed E-state index contributed by atoms with van der Waals surface area (Å²) in [5.41, 5.74) is 4.85. The highest BCUT2D eigenvalue weighted by atomic mass is 16.6. The third-order valence-electron chi connectivity index (χ3n) is 8.91. The maximum absolute atomic E-state index is 14.2. The number of piperidine rings is 1. The first-order chi connectivity index (χ1) is 19.2. The van der Waals surface area contributed by atoms with Gasteiger partial charge in [0.1, 0.15) is 17.1 Å². The van der Waals surface area contributed by atoms with E-state index in [9.17, 15) is 29.7 Å². The van der Waals surface area contributed by atoms with Crippen molar-refractivity contribution in [2.45, 2.75) is 50.7 Å². The molecule has 3 atom stereocenters. The van der Waals surface area contributed by atoms with Gasteiger partial charge in [-0.1, -0.05) is 6.42 Å². The zero-order valence-corrected chi connectivity index (χ0v) is 21.8. The SMILES string of the molecule is NOc1c(CN2CCCCC2)cc(-c2ccoc2)c2c1C(=O)C1=C(O)[C@]3(O)C(=O)C(C(N)=O)=C(O)C[C@@H]3C[C@@H]1C2. The number of primary amides is 1. The molecule has 4 aliphatic rings. The minimum atomic E-state index is -2.57. The number of nitrogens with zero attached hydrogens (tertiary/aromatic N) is 1. The molecule has 1 saturated heterocycles. The molecule has 1 fully saturated rings. The second-order valence-electron chi connectivity index (χ2n) is 11.1. The smallest absolute Gasteiger partial charge is 0.255 e. The predicted octanol–water partition coefficient (Wildman–Crippen LogP) is 2.37. The van der Waals surface area contributed by atoms with Crippen LogP contribution in [0.3, 0.4) is 0 Å². The number of Topliss-reactive ketones (excluding diaryl/α,β-unsaturated/α-hetero) is 2. The quantitative estimate of drug-likeness (QED) is 0.273. The number of allylic oxidation sites excluding steroid dienone is 2. The fourth-order valence-corrected chi connectivity index (χ4v) is 7.02. The topological polar surface area (TPSA) is 190 Å². The van der Waals surface area contributed by atoms with Crippen LogP contribution in [0.1, 0.15) is 53.6 Å². The Kier molecular flexibility index (Phi) is 6.32. The van der Waals surface area contributed by atoms with Crippen molar-refractivity contribution in [3.05, 3.63) is 64.0 Å². The lowest BCUT2D eigenvalue weighted by Gasteiger charge is -2.45. The molecule has 11 heteroatoms. The van der Waals surface area contributed by atoms with Crippen molar-refractivity contribution in [1.29, 1.82) is 0 Å². The van der Waals surface area contributed by atoms with Crippen molar-refractivity contribution in [1.82, 2.24) is 4.90 Å². The Morgan fingerprint density at radius 2 is 1.93 bits per heavy atom. The molecule has 3 aliphatic carbocycles.